The summed E-state index contributed by atoms with van der Waals surface area (Å²) in [5.74, 6) is 3.27. The SMILES string of the molecule is O=C(OC1(c2ccccc2)CCNCC1)C1C2CC3CC(C2)CC1C3. The summed E-state index contributed by atoms with van der Waals surface area (Å²) in [7, 11) is 0. The van der Waals surface area contributed by atoms with Crippen molar-refractivity contribution in [3.63, 3.8) is 0 Å². The van der Waals surface area contributed by atoms with Crippen molar-refractivity contribution in [2.75, 3.05) is 13.1 Å². The normalized spacial score (nSPS) is 38.5. The summed E-state index contributed by atoms with van der Waals surface area (Å²) in [6, 6.07) is 10.4. The van der Waals surface area contributed by atoms with Crippen LogP contribution in [0.25, 0.3) is 0 Å². The van der Waals surface area contributed by atoms with Crippen LogP contribution in [0.5, 0.6) is 0 Å². The van der Waals surface area contributed by atoms with Crippen molar-refractivity contribution in [1.29, 1.82) is 0 Å². The zero-order valence-corrected chi connectivity index (χ0v) is 15.0. The van der Waals surface area contributed by atoms with E-state index in [0.29, 0.717) is 11.8 Å². The Labute approximate surface area is 150 Å². The Balaban J connectivity index is 1.40. The van der Waals surface area contributed by atoms with Crippen LogP contribution in [0.3, 0.4) is 0 Å². The molecule has 4 saturated carbocycles. The summed E-state index contributed by atoms with van der Waals surface area (Å²) in [5, 5.41) is 3.42. The Bertz CT molecular complexity index is 607. The highest BCUT2D eigenvalue weighted by molar-refractivity contribution is 5.74. The first-order valence-corrected chi connectivity index (χ1v) is 10.2. The first-order chi connectivity index (χ1) is 12.2. The molecule has 0 radical (unpaired) electrons. The van der Waals surface area contributed by atoms with Gasteiger partial charge in [0.1, 0.15) is 5.60 Å². The Hall–Kier alpha value is -1.35. The fraction of sp³-hybridized carbons (Fsp3) is 0.682. The van der Waals surface area contributed by atoms with Crippen LogP contribution in [-0.4, -0.2) is 19.1 Å². The van der Waals surface area contributed by atoms with Gasteiger partial charge in [0.25, 0.3) is 0 Å². The molecule has 0 spiro atoms. The number of hydrogen-bond acceptors (Lipinski definition) is 3. The fourth-order valence-corrected chi connectivity index (χ4v) is 6.59. The second kappa shape index (κ2) is 6.12. The van der Waals surface area contributed by atoms with Crippen LogP contribution in [0, 0.1) is 29.6 Å². The van der Waals surface area contributed by atoms with Gasteiger partial charge in [-0.1, -0.05) is 30.3 Å². The Kier molecular flexibility index (Phi) is 3.89. The second-order valence-electron chi connectivity index (χ2n) is 8.99. The van der Waals surface area contributed by atoms with Gasteiger partial charge >= 0.3 is 5.97 Å². The van der Waals surface area contributed by atoms with E-state index in [2.05, 4.69) is 29.6 Å². The summed E-state index contributed by atoms with van der Waals surface area (Å²) >= 11 is 0. The molecule has 4 bridgehead atoms. The number of benzene rings is 1. The molecule has 5 fully saturated rings. The minimum Gasteiger partial charge on any atom is -0.454 e. The first kappa shape index (κ1) is 15.9. The summed E-state index contributed by atoms with van der Waals surface area (Å²) in [6.07, 6.45) is 8.28. The number of esters is 1. The third-order valence-electron chi connectivity index (χ3n) is 7.51. The van der Waals surface area contributed by atoms with E-state index in [-0.39, 0.29) is 11.9 Å². The van der Waals surface area contributed by atoms with Crippen molar-refractivity contribution in [2.45, 2.75) is 50.5 Å². The zero-order chi connectivity index (χ0) is 16.9. The average Bonchev–Trinajstić information content (AvgIpc) is 2.62. The van der Waals surface area contributed by atoms with Crippen molar-refractivity contribution in [2.24, 2.45) is 29.6 Å². The molecule has 3 heteroatoms. The maximum atomic E-state index is 13.3. The van der Waals surface area contributed by atoms with Crippen LogP contribution in [0.1, 0.15) is 50.5 Å². The van der Waals surface area contributed by atoms with Gasteiger partial charge in [-0.05, 0) is 74.4 Å². The molecule has 1 aliphatic heterocycles. The summed E-state index contributed by atoms with van der Waals surface area (Å²) in [5.41, 5.74) is 0.756. The standard InChI is InChI=1S/C22H29NO2/c24-21(20-17-11-15-10-16(13-17)14-18(20)12-15)25-22(6-8-23-9-7-22)19-4-2-1-3-5-19/h1-5,15-18,20,23H,6-14H2. The highest BCUT2D eigenvalue weighted by Gasteiger charge is 2.52. The van der Waals surface area contributed by atoms with Crippen molar-refractivity contribution >= 4 is 5.97 Å². The Morgan fingerprint density at radius 3 is 2.12 bits per heavy atom. The number of nitrogens with one attached hydrogen (secondary N) is 1. The van der Waals surface area contributed by atoms with E-state index in [0.717, 1.165) is 37.8 Å². The zero-order valence-electron chi connectivity index (χ0n) is 15.0. The molecule has 0 aromatic heterocycles. The summed E-state index contributed by atoms with van der Waals surface area (Å²) in [4.78, 5) is 13.3. The van der Waals surface area contributed by atoms with Crippen LogP contribution >= 0.6 is 0 Å². The van der Waals surface area contributed by atoms with Crippen LogP contribution in [0.2, 0.25) is 0 Å². The summed E-state index contributed by atoms with van der Waals surface area (Å²) in [6.45, 7) is 1.84. The number of carbonyl (C=O) groups excluding carboxylic acids is 1. The predicted molar refractivity (Wildman–Crippen MR) is 96.9 cm³/mol. The van der Waals surface area contributed by atoms with E-state index in [4.69, 9.17) is 4.74 Å². The van der Waals surface area contributed by atoms with Gasteiger partial charge in [-0.25, -0.2) is 0 Å². The van der Waals surface area contributed by atoms with E-state index in [9.17, 15) is 4.79 Å². The van der Waals surface area contributed by atoms with Gasteiger partial charge in [0, 0.05) is 12.8 Å². The lowest BCUT2D eigenvalue weighted by Crippen LogP contribution is -2.51. The van der Waals surface area contributed by atoms with Gasteiger partial charge in [-0.15, -0.1) is 0 Å². The van der Waals surface area contributed by atoms with Gasteiger partial charge < -0.3 is 10.1 Å². The van der Waals surface area contributed by atoms with Gasteiger partial charge in [-0.2, -0.15) is 0 Å². The Morgan fingerprint density at radius 1 is 0.920 bits per heavy atom. The van der Waals surface area contributed by atoms with Gasteiger partial charge in [0.2, 0.25) is 0 Å². The third-order valence-corrected chi connectivity index (χ3v) is 7.51. The molecule has 25 heavy (non-hydrogen) atoms. The number of rotatable bonds is 3. The highest BCUT2D eigenvalue weighted by Crippen LogP contribution is 2.57. The van der Waals surface area contributed by atoms with Crippen LogP contribution in [0.4, 0.5) is 0 Å². The van der Waals surface area contributed by atoms with E-state index in [1.165, 1.54) is 37.7 Å². The smallest absolute Gasteiger partial charge is 0.310 e. The van der Waals surface area contributed by atoms with Crippen molar-refractivity contribution in [3.8, 4) is 0 Å². The maximum Gasteiger partial charge on any atom is 0.310 e. The van der Waals surface area contributed by atoms with Crippen LogP contribution in [0.15, 0.2) is 30.3 Å². The van der Waals surface area contributed by atoms with E-state index >= 15 is 0 Å². The topological polar surface area (TPSA) is 38.3 Å². The average molecular weight is 339 g/mol. The molecule has 0 unspecified atom stereocenters. The molecule has 1 saturated heterocycles. The number of hydrogen-bond donors (Lipinski definition) is 1. The molecule has 6 rings (SSSR count). The highest BCUT2D eigenvalue weighted by atomic mass is 16.6. The molecule has 3 nitrogen and oxygen atoms in total. The monoisotopic (exact) mass is 339 g/mol. The van der Waals surface area contributed by atoms with Gasteiger partial charge in [-0.3, -0.25) is 4.79 Å². The van der Waals surface area contributed by atoms with Gasteiger partial charge in [0.05, 0.1) is 5.92 Å². The van der Waals surface area contributed by atoms with E-state index in [1.807, 2.05) is 6.07 Å². The molecule has 1 heterocycles. The van der Waals surface area contributed by atoms with E-state index < -0.39 is 5.60 Å². The minimum absolute atomic E-state index is 0.111. The van der Waals surface area contributed by atoms with Crippen LogP contribution in [-0.2, 0) is 15.1 Å². The number of carbonyl (C=O) groups is 1. The quantitative estimate of drug-likeness (QED) is 0.849. The second-order valence-corrected chi connectivity index (χ2v) is 8.99. The molecule has 1 aromatic rings. The van der Waals surface area contributed by atoms with Crippen molar-refractivity contribution in [3.05, 3.63) is 35.9 Å². The molecule has 0 atom stereocenters. The lowest BCUT2D eigenvalue weighted by molar-refractivity contribution is -0.182. The number of ether oxygens (including phenoxy) is 1. The molecular weight excluding hydrogens is 310 g/mol. The molecule has 1 aromatic carbocycles. The van der Waals surface area contributed by atoms with E-state index in [1.54, 1.807) is 0 Å². The lowest BCUT2D eigenvalue weighted by atomic mass is 9.52. The molecule has 0 amide bonds. The lowest BCUT2D eigenvalue weighted by Gasteiger charge is -2.54. The predicted octanol–water partition coefficient (Wildman–Crippen LogP) is 3.88. The Morgan fingerprint density at radius 2 is 1.52 bits per heavy atom. The molecular formula is C22H29NO2. The van der Waals surface area contributed by atoms with Crippen molar-refractivity contribution in [1.82, 2.24) is 5.32 Å². The molecule has 4 aliphatic carbocycles. The molecule has 5 aliphatic rings. The molecule has 134 valence electrons. The minimum atomic E-state index is -0.418. The maximum absolute atomic E-state index is 13.3. The fourth-order valence-electron chi connectivity index (χ4n) is 6.59. The largest absolute Gasteiger partial charge is 0.454 e. The first-order valence-electron chi connectivity index (χ1n) is 10.2. The summed E-state index contributed by atoms with van der Waals surface area (Å²) < 4.78 is 6.41. The van der Waals surface area contributed by atoms with Crippen LogP contribution < -0.4 is 5.32 Å². The van der Waals surface area contributed by atoms with Gasteiger partial charge in [0.15, 0.2) is 0 Å². The van der Waals surface area contributed by atoms with Crippen molar-refractivity contribution < 1.29 is 9.53 Å². The number of piperidine rings is 1. The molecule has 1 N–H and O–H groups in total. The third kappa shape index (κ3) is 2.71.